The van der Waals surface area contributed by atoms with Crippen LogP contribution in [0.5, 0.6) is 0 Å². The lowest BCUT2D eigenvalue weighted by molar-refractivity contribution is 1.63. The standard InChI is InChI=1S/C60H38/c1-3-15-43-33-45(25-23-39(43)11-1)46-27-30-57-58(32-31-55(59(57)37-46)47-26-24-40-12-2-4-16-44(40)34-47)60-38-50(54-22-10-18-42-14-6-8-20-52(42)54)36-49-35-48(28-29-56(49)60)53-21-9-17-41-13-5-7-19-51(41)53/h1-38H. The Morgan fingerprint density at radius 2 is 0.567 bits per heavy atom. The summed E-state index contributed by atoms with van der Waals surface area (Å²) < 4.78 is 0. The van der Waals surface area contributed by atoms with Gasteiger partial charge in [-0.1, -0.05) is 194 Å². The van der Waals surface area contributed by atoms with Gasteiger partial charge in [-0.15, -0.1) is 0 Å². The Morgan fingerprint density at radius 1 is 0.150 bits per heavy atom. The second kappa shape index (κ2) is 13.9. The van der Waals surface area contributed by atoms with Gasteiger partial charge in [0.05, 0.1) is 0 Å². The molecule has 0 saturated carbocycles. The molecule has 0 aromatic heterocycles. The summed E-state index contributed by atoms with van der Waals surface area (Å²) in [6.07, 6.45) is 0. The minimum absolute atomic E-state index is 1.21. The zero-order chi connectivity index (χ0) is 39.6. The van der Waals surface area contributed by atoms with Crippen molar-refractivity contribution in [3.8, 4) is 55.6 Å². The summed E-state index contributed by atoms with van der Waals surface area (Å²) >= 11 is 0. The van der Waals surface area contributed by atoms with E-state index in [1.54, 1.807) is 0 Å². The van der Waals surface area contributed by atoms with Crippen molar-refractivity contribution >= 4 is 64.6 Å². The second-order valence-electron chi connectivity index (χ2n) is 16.1. The highest BCUT2D eigenvalue weighted by Crippen LogP contribution is 2.44. The molecular formula is C60H38. The third-order valence-electron chi connectivity index (χ3n) is 12.6. The van der Waals surface area contributed by atoms with E-state index in [-0.39, 0.29) is 0 Å². The zero-order valence-corrected chi connectivity index (χ0v) is 32.9. The van der Waals surface area contributed by atoms with E-state index in [1.807, 2.05) is 0 Å². The van der Waals surface area contributed by atoms with Crippen molar-refractivity contribution in [2.24, 2.45) is 0 Å². The first-order valence-corrected chi connectivity index (χ1v) is 20.8. The molecular weight excluding hydrogens is 721 g/mol. The largest absolute Gasteiger partial charge is 0.0616 e. The van der Waals surface area contributed by atoms with Crippen molar-refractivity contribution in [2.75, 3.05) is 0 Å². The number of hydrogen-bond donors (Lipinski definition) is 0. The average Bonchev–Trinajstić information content (AvgIpc) is 3.32. The van der Waals surface area contributed by atoms with Gasteiger partial charge in [0.2, 0.25) is 0 Å². The first-order chi connectivity index (χ1) is 29.7. The Bertz CT molecular complexity index is 3650. The quantitative estimate of drug-likeness (QED) is 0.164. The molecule has 278 valence electrons. The lowest BCUT2D eigenvalue weighted by Crippen LogP contribution is -1.91. The van der Waals surface area contributed by atoms with Gasteiger partial charge in [-0.3, -0.25) is 0 Å². The number of rotatable bonds is 5. The van der Waals surface area contributed by atoms with Crippen molar-refractivity contribution in [2.45, 2.75) is 0 Å². The molecule has 0 saturated heterocycles. The van der Waals surface area contributed by atoms with E-state index in [4.69, 9.17) is 0 Å². The van der Waals surface area contributed by atoms with Gasteiger partial charge in [-0.25, -0.2) is 0 Å². The highest BCUT2D eigenvalue weighted by atomic mass is 14.2. The molecule has 12 rings (SSSR count). The van der Waals surface area contributed by atoms with E-state index >= 15 is 0 Å². The molecule has 0 unspecified atom stereocenters. The molecule has 0 nitrogen and oxygen atoms in total. The fraction of sp³-hybridized carbons (Fsp3) is 0. The highest BCUT2D eigenvalue weighted by molar-refractivity contribution is 6.13. The van der Waals surface area contributed by atoms with Gasteiger partial charge in [0.25, 0.3) is 0 Å². The van der Waals surface area contributed by atoms with Crippen LogP contribution in [0.2, 0.25) is 0 Å². The molecule has 0 spiro atoms. The first kappa shape index (κ1) is 34.3. The highest BCUT2D eigenvalue weighted by Gasteiger charge is 2.17. The molecule has 0 aliphatic carbocycles. The summed E-state index contributed by atoms with van der Waals surface area (Å²) in [5.41, 5.74) is 12.3. The molecule has 12 aromatic carbocycles. The molecule has 0 aliphatic rings. The zero-order valence-electron chi connectivity index (χ0n) is 32.9. The smallest absolute Gasteiger partial charge is 0.00930 e. The maximum Gasteiger partial charge on any atom is -0.00930 e. The average molecular weight is 759 g/mol. The predicted octanol–water partition coefficient (Wildman–Crippen LogP) is 16.9. The van der Waals surface area contributed by atoms with Crippen molar-refractivity contribution in [1.29, 1.82) is 0 Å². The lowest BCUT2D eigenvalue weighted by Gasteiger charge is -2.18. The van der Waals surface area contributed by atoms with E-state index in [2.05, 4.69) is 231 Å². The summed E-state index contributed by atoms with van der Waals surface area (Å²) in [6.45, 7) is 0. The third kappa shape index (κ3) is 5.76. The Hall–Kier alpha value is -7.80. The number of hydrogen-bond acceptors (Lipinski definition) is 0. The maximum atomic E-state index is 2.43. The normalized spacial score (nSPS) is 11.7. The van der Waals surface area contributed by atoms with Gasteiger partial charge >= 0.3 is 0 Å². The van der Waals surface area contributed by atoms with Gasteiger partial charge in [-0.05, 0) is 157 Å². The van der Waals surface area contributed by atoms with Crippen LogP contribution < -0.4 is 0 Å². The Kier molecular flexibility index (Phi) is 7.96. The van der Waals surface area contributed by atoms with E-state index in [9.17, 15) is 0 Å². The van der Waals surface area contributed by atoms with Crippen LogP contribution in [0, 0.1) is 0 Å². The summed E-state index contributed by atoms with van der Waals surface area (Å²) in [5.74, 6) is 0. The Morgan fingerprint density at radius 3 is 1.25 bits per heavy atom. The van der Waals surface area contributed by atoms with Crippen LogP contribution in [-0.4, -0.2) is 0 Å². The van der Waals surface area contributed by atoms with Crippen LogP contribution in [0.4, 0.5) is 0 Å². The summed E-state index contributed by atoms with van der Waals surface area (Å²) in [7, 11) is 0. The molecule has 0 heteroatoms. The molecule has 0 aliphatic heterocycles. The molecule has 0 amide bonds. The van der Waals surface area contributed by atoms with Crippen LogP contribution in [0.25, 0.3) is 120 Å². The summed E-state index contributed by atoms with van der Waals surface area (Å²) in [5, 5.41) is 14.9. The lowest BCUT2D eigenvalue weighted by atomic mass is 9.85. The van der Waals surface area contributed by atoms with Crippen LogP contribution in [0.3, 0.4) is 0 Å². The van der Waals surface area contributed by atoms with Crippen molar-refractivity contribution < 1.29 is 0 Å². The number of benzene rings is 12. The molecule has 0 bridgehead atoms. The molecule has 12 aromatic rings. The van der Waals surface area contributed by atoms with Crippen molar-refractivity contribution in [3.63, 3.8) is 0 Å². The molecule has 60 heavy (non-hydrogen) atoms. The van der Waals surface area contributed by atoms with Crippen LogP contribution in [-0.2, 0) is 0 Å². The van der Waals surface area contributed by atoms with Gasteiger partial charge < -0.3 is 0 Å². The van der Waals surface area contributed by atoms with Gasteiger partial charge in [0.15, 0.2) is 0 Å². The molecule has 0 N–H and O–H groups in total. The van der Waals surface area contributed by atoms with Gasteiger partial charge in [-0.2, -0.15) is 0 Å². The molecule has 0 atom stereocenters. The second-order valence-corrected chi connectivity index (χ2v) is 16.1. The van der Waals surface area contributed by atoms with E-state index < -0.39 is 0 Å². The minimum atomic E-state index is 1.21. The van der Waals surface area contributed by atoms with Gasteiger partial charge in [0, 0.05) is 0 Å². The van der Waals surface area contributed by atoms with E-state index in [0.717, 1.165) is 0 Å². The maximum absolute atomic E-state index is 2.43. The number of fused-ring (bicyclic) bond motifs is 6. The fourth-order valence-corrected chi connectivity index (χ4v) is 9.61. The van der Waals surface area contributed by atoms with Crippen molar-refractivity contribution in [1.82, 2.24) is 0 Å². The summed E-state index contributed by atoms with van der Waals surface area (Å²) in [4.78, 5) is 0. The van der Waals surface area contributed by atoms with Crippen molar-refractivity contribution in [3.05, 3.63) is 231 Å². The third-order valence-corrected chi connectivity index (χ3v) is 12.6. The minimum Gasteiger partial charge on any atom is -0.0616 e. The van der Waals surface area contributed by atoms with Crippen LogP contribution in [0.15, 0.2) is 231 Å². The fourth-order valence-electron chi connectivity index (χ4n) is 9.61. The Balaban J connectivity index is 1.13. The van der Waals surface area contributed by atoms with Crippen LogP contribution >= 0.6 is 0 Å². The van der Waals surface area contributed by atoms with Crippen LogP contribution in [0.1, 0.15) is 0 Å². The first-order valence-electron chi connectivity index (χ1n) is 20.8. The summed E-state index contributed by atoms with van der Waals surface area (Å²) in [6, 6.07) is 85.5. The predicted molar refractivity (Wildman–Crippen MR) is 259 cm³/mol. The monoisotopic (exact) mass is 758 g/mol. The molecule has 0 radical (unpaired) electrons. The van der Waals surface area contributed by atoms with Gasteiger partial charge in [0.1, 0.15) is 0 Å². The van der Waals surface area contributed by atoms with E-state index in [0.29, 0.717) is 0 Å². The SMILES string of the molecule is c1ccc2cc(-c3ccc4c(-c5cc(-c6cccc7ccccc67)cc6cc(-c7cccc8ccccc78)ccc56)ccc(-c5ccc6ccccc6c5)c4c3)ccc2c1. The molecule has 0 fully saturated rings. The Labute approximate surface area is 349 Å². The topological polar surface area (TPSA) is 0 Å². The van der Waals surface area contributed by atoms with E-state index in [1.165, 1.54) is 120 Å². The molecule has 0 heterocycles.